The molecule has 0 spiro atoms. The maximum atomic E-state index is 4.38. The van der Waals surface area contributed by atoms with Gasteiger partial charge in [-0.2, -0.15) is 0 Å². The summed E-state index contributed by atoms with van der Waals surface area (Å²) in [6.07, 6.45) is 2.63. The van der Waals surface area contributed by atoms with Crippen molar-refractivity contribution in [1.82, 2.24) is 9.97 Å². The lowest BCUT2D eigenvalue weighted by Gasteiger charge is -2.09. The van der Waals surface area contributed by atoms with Crippen molar-refractivity contribution < 1.29 is 0 Å². The zero-order valence-corrected chi connectivity index (χ0v) is 11.7. The van der Waals surface area contributed by atoms with Crippen LogP contribution in [-0.2, 0) is 6.42 Å². The summed E-state index contributed by atoms with van der Waals surface area (Å²) in [6.45, 7) is 4.23. The van der Waals surface area contributed by atoms with Gasteiger partial charge in [-0.05, 0) is 43.2 Å². The Kier molecular flexibility index (Phi) is 3.33. The van der Waals surface area contributed by atoms with Crippen LogP contribution in [0.25, 0.3) is 10.9 Å². The Morgan fingerprint density at radius 3 is 2.80 bits per heavy atom. The number of nitrogens with one attached hydrogen (secondary N) is 1. The van der Waals surface area contributed by atoms with E-state index in [9.17, 15) is 0 Å². The molecule has 0 unspecified atom stereocenters. The van der Waals surface area contributed by atoms with Gasteiger partial charge in [-0.1, -0.05) is 30.7 Å². The summed E-state index contributed by atoms with van der Waals surface area (Å²) in [5, 5.41) is 4.45. The third kappa shape index (κ3) is 2.48. The Labute approximate surface area is 118 Å². The number of rotatable bonds is 3. The third-order valence-corrected chi connectivity index (χ3v) is 3.39. The number of anilines is 2. The van der Waals surface area contributed by atoms with Crippen LogP contribution in [0, 0.1) is 6.92 Å². The molecule has 3 rings (SSSR count). The number of aryl methyl sites for hydroxylation is 2. The summed E-state index contributed by atoms with van der Waals surface area (Å²) in [6, 6.07) is 14.6. The molecule has 0 saturated carbocycles. The van der Waals surface area contributed by atoms with E-state index in [0.717, 1.165) is 28.8 Å². The van der Waals surface area contributed by atoms with Gasteiger partial charge in [-0.3, -0.25) is 0 Å². The highest BCUT2D eigenvalue weighted by atomic mass is 15.0. The van der Waals surface area contributed by atoms with Crippen LogP contribution in [-0.4, -0.2) is 9.97 Å². The van der Waals surface area contributed by atoms with E-state index < -0.39 is 0 Å². The first-order valence-electron chi connectivity index (χ1n) is 6.83. The SMILES string of the molecule is CCc1cccc(Nc2ncnc3ccc(C)cc23)c1. The fourth-order valence-electron chi connectivity index (χ4n) is 2.28. The Morgan fingerprint density at radius 1 is 1.05 bits per heavy atom. The fourth-order valence-corrected chi connectivity index (χ4v) is 2.28. The van der Waals surface area contributed by atoms with Crippen LogP contribution in [0.15, 0.2) is 48.8 Å². The summed E-state index contributed by atoms with van der Waals surface area (Å²) in [5.41, 5.74) is 4.54. The van der Waals surface area contributed by atoms with Gasteiger partial charge in [-0.15, -0.1) is 0 Å². The van der Waals surface area contributed by atoms with Crippen LogP contribution in [0.1, 0.15) is 18.1 Å². The van der Waals surface area contributed by atoms with Gasteiger partial charge >= 0.3 is 0 Å². The number of fused-ring (bicyclic) bond motifs is 1. The van der Waals surface area contributed by atoms with Crippen LogP contribution in [0.3, 0.4) is 0 Å². The van der Waals surface area contributed by atoms with Crippen molar-refractivity contribution in [2.75, 3.05) is 5.32 Å². The van der Waals surface area contributed by atoms with Crippen LogP contribution >= 0.6 is 0 Å². The highest BCUT2D eigenvalue weighted by molar-refractivity contribution is 5.91. The average molecular weight is 263 g/mol. The quantitative estimate of drug-likeness (QED) is 0.768. The maximum Gasteiger partial charge on any atom is 0.141 e. The zero-order valence-electron chi connectivity index (χ0n) is 11.7. The molecule has 3 nitrogen and oxygen atoms in total. The van der Waals surface area contributed by atoms with E-state index in [1.54, 1.807) is 6.33 Å². The average Bonchev–Trinajstić information content (AvgIpc) is 2.48. The lowest BCUT2D eigenvalue weighted by molar-refractivity contribution is 1.14. The van der Waals surface area contributed by atoms with Crippen molar-refractivity contribution in [3.8, 4) is 0 Å². The van der Waals surface area contributed by atoms with E-state index in [-0.39, 0.29) is 0 Å². The minimum Gasteiger partial charge on any atom is -0.340 e. The molecule has 0 aliphatic heterocycles. The minimum atomic E-state index is 0.854. The molecule has 1 heterocycles. The zero-order chi connectivity index (χ0) is 13.9. The molecule has 0 amide bonds. The van der Waals surface area contributed by atoms with Crippen molar-refractivity contribution >= 4 is 22.4 Å². The first kappa shape index (κ1) is 12.6. The van der Waals surface area contributed by atoms with Gasteiger partial charge in [0.1, 0.15) is 12.1 Å². The lowest BCUT2D eigenvalue weighted by atomic mass is 10.1. The van der Waals surface area contributed by atoms with Crippen LogP contribution < -0.4 is 5.32 Å². The molecule has 3 aromatic rings. The maximum absolute atomic E-state index is 4.38. The molecule has 0 atom stereocenters. The Balaban J connectivity index is 2.03. The van der Waals surface area contributed by atoms with Gasteiger partial charge in [0.05, 0.1) is 5.52 Å². The summed E-state index contributed by atoms with van der Waals surface area (Å²) in [4.78, 5) is 8.68. The molecule has 20 heavy (non-hydrogen) atoms. The second-order valence-corrected chi connectivity index (χ2v) is 4.92. The van der Waals surface area contributed by atoms with Crippen molar-refractivity contribution in [2.45, 2.75) is 20.3 Å². The Morgan fingerprint density at radius 2 is 1.95 bits per heavy atom. The van der Waals surface area contributed by atoms with Gasteiger partial charge in [0, 0.05) is 11.1 Å². The highest BCUT2D eigenvalue weighted by Crippen LogP contribution is 2.24. The van der Waals surface area contributed by atoms with E-state index in [0.29, 0.717) is 0 Å². The molecule has 0 radical (unpaired) electrons. The largest absolute Gasteiger partial charge is 0.340 e. The number of benzene rings is 2. The molecule has 1 N–H and O–H groups in total. The van der Waals surface area contributed by atoms with Gasteiger partial charge in [0.15, 0.2) is 0 Å². The van der Waals surface area contributed by atoms with Crippen molar-refractivity contribution in [3.05, 3.63) is 59.9 Å². The molecule has 0 aliphatic carbocycles. The van der Waals surface area contributed by atoms with Gasteiger partial charge < -0.3 is 5.32 Å². The predicted molar refractivity (Wildman–Crippen MR) is 83.4 cm³/mol. The summed E-state index contributed by atoms with van der Waals surface area (Å²) in [7, 11) is 0. The molecule has 0 saturated heterocycles. The van der Waals surface area contributed by atoms with Gasteiger partial charge in [0.2, 0.25) is 0 Å². The van der Waals surface area contributed by atoms with E-state index in [1.807, 2.05) is 6.07 Å². The van der Waals surface area contributed by atoms with E-state index >= 15 is 0 Å². The summed E-state index contributed by atoms with van der Waals surface area (Å²) < 4.78 is 0. The van der Waals surface area contributed by atoms with Crippen molar-refractivity contribution in [3.63, 3.8) is 0 Å². The van der Waals surface area contributed by atoms with Crippen LogP contribution in [0.5, 0.6) is 0 Å². The predicted octanol–water partition coefficient (Wildman–Crippen LogP) is 4.24. The summed E-state index contributed by atoms with van der Waals surface area (Å²) in [5.74, 6) is 0.854. The van der Waals surface area contributed by atoms with E-state index in [4.69, 9.17) is 0 Å². The third-order valence-electron chi connectivity index (χ3n) is 3.39. The first-order chi connectivity index (χ1) is 9.76. The Hall–Kier alpha value is -2.42. The summed E-state index contributed by atoms with van der Waals surface area (Å²) >= 11 is 0. The van der Waals surface area contributed by atoms with Crippen LogP contribution in [0.2, 0.25) is 0 Å². The molecular weight excluding hydrogens is 246 g/mol. The fraction of sp³-hybridized carbons (Fsp3) is 0.176. The van der Waals surface area contributed by atoms with Crippen molar-refractivity contribution in [1.29, 1.82) is 0 Å². The van der Waals surface area contributed by atoms with Crippen LogP contribution in [0.4, 0.5) is 11.5 Å². The van der Waals surface area contributed by atoms with Gasteiger partial charge in [0.25, 0.3) is 0 Å². The minimum absolute atomic E-state index is 0.854. The molecule has 0 aliphatic rings. The van der Waals surface area contributed by atoms with E-state index in [1.165, 1.54) is 11.1 Å². The number of hydrogen-bond acceptors (Lipinski definition) is 3. The lowest BCUT2D eigenvalue weighted by Crippen LogP contribution is -1.96. The molecule has 100 valence electrons. The number of hydrogen-bond donors (Lipinski definition) is 1. The topological polar surface area (TPSA) is 37.8 Å². The second kappa shape index (κ2) is 5.29. The molecule has 1 aromatic heterocycles. The molecular formula is C17H17N3. The van der Waals surface area contributed by atoms with Gasteiger partial charge in [-0.25, -0.2) is 9.97 Å². The normalized spacial score (nSPS) is 10.7. The van der Waals surface area contributed by atoms with Crippen molar-refractivity contribution in [2.24, 2.45) is 0 Å². The number of aromatic nitrogens is 2. The second-order valence-electron chi connectivity index (χ2n) is 4.92. The Bertz CT molecular complexity index is 750. The number of nitrogens with zero attached hydrogens (tertiary/aromatic N) is 2. The monoisotopic (exact) mass is 263 g/mol. The molecule has 2 aromatic carbocycles. The molecule has 3 heteroatoms. The molecule has 0 bridgehead atoms. The smallest absolute Gasteiger partial charge is 0.141 e. The standard InChI is InChI=1S/C17H17N3/c1-3-13-5-4-6-14(10-13)20-17-15-9-12(2)7-8-16(15)18-11-19-17/h4-11H,3H2,1-2H3,(H,18,19,20). The highest BCUT2D eigenvalue weighted by Gasteiger charge is 2.04. The molecule has 0 fully saturated rings. The first-order valence-corrected chi connectivity index (χ1v) is 6.83. The van der Waals surface area contributed by atoms with E-state index in [2.05, 4.69) is 65.5 Å².